The Hall–Kier alpha value is -2.24. The van der Waals surface area contributed by atoms with Gasteiger partial charge in [-0.15, -0.1) is 0 Å². The van der Waals surface area contributed by atoms with E-state index in [1.165, 1.54) is 16.8 Å². The van der Waals surface area contributed by atoms with E-state index in [1.807, 2.05) is 0 Å². The Morgan fingerprint density at radius 2 is 2.15 bits per heavy atom. The quantitative estimate of drug-likeness (QED) is 0.853. The number of aryl methyl sites for hydroxylation is 1. The van der Waals surface area contributed by atoms with E-state index in [0.29, 0.717) is 24.0 Å². The van der Waals surface area contributed by atoms with Gasteiger partial charge in [-0.3, -0.25) is 9.59 Å². The summed E-state index contributed by atoms with van der Waals surface area (Å²) in [4.78, 5) is 24.3. The highest BCUT2D eigenvalue weighted by atomic mass is 19.1. The monoisotopic (exact) mass is 275 g/mol. The summed E-state index contributed by atoms with van der Waals surface area (Å²) in [6.45, 7) is 2.36. The van der Waals surface area contributed by atoms with Crippen LogP contribution in [0.3, 0.4) is 0 Å². The van der Waals surface area contributed by atoms with Crippen LogP contribution in [-0.2, 0) is 4.79 Å². The number of hydrogen-bond acceptors (Lipinski definition) is 3. The molecule has 0 aliphatic carbocycles. The van der Waals surface area contributed by atoms with Crippen LogP contribution in [0.15, 0.2) is 23.0 Å². The topological polar surface area (TPSA) is 64.0 Å². The fourth-order valence-corrected chi connectivity index (χ4v) is 2.59. The van der Waals surface area contributed by atoms with E-state index in [2.05, 4.69) is 10.4 Å². The number of aromatic nitrogens is 2. The highest BCUT2D eigenvalue weighted by Crippen LogP contribution is 2.19. The van der Waals surface area contributed by atoms with Gasteiger partial charge in [0.05, 0.1) is 11.1 Å². The lowest BCUT2D eigenvalue weighted by atomic mass is 10.1. The first-order chi connectivity index (χ1) is 9.58. The van der Waals surface area contributed by atoms with Gasteiger partial charge < -0.3 is 5.32 Å². The number of carbonyl (C=O) groups is 1. The van der Waals surface area contributed by atoms with Crippen molar-refractivity contribution in [1.29, 1.82) is 0 Å². The summed E-state index contributed by atoms with van der Waals surface area (Å²) in [5.41, 5.74) is 0.185. The van der Waals surface area contributed by atoms with Crippen molar-refractivity contribution >= 4 is 16.7 Å². The third-order valence-corrected chi connectivity index (χ3v) is 3.62. The number of rotatable bonds is 1. The average molecular weight is 275 g/mol. The van der Waals surface area contributed by atoms with Gasteiger partial charge in [0.25, 0.3) is 5.56 Å². The van der Waals surface area contributed by atoms with Gasteiger partial charge in [-0.2, -0.15) is 5.10 Å². The number of hydrogen-bond donors (Lipinski definition) is 1. The first-order valence-electron chi connectivity index (χ1n) is 6.54. The van der Waals surface area contributed by atoms with Crippen molar-refractivity contribution in [3.8, 4) is 0 Å². The summed E-state index contributed by atoms with van der Waals surface area (Å²) >= 11 is 0. The second kappa shape index (κ2) is 4.70. The Kier molecular flexibility index (Phi) is 3.00. The molecule has 1 aliphatic heterocycles. The predicted molar refractivity (Wildman–Crippen MR) is 72.0 cm³/mol. The van der Waals surface area contributed by atoms with Gasteiger partial charge in [0.1, 0.15) is 11.9 Å². The maximum atomic E-state index is 13.4. The van der Waals surface area contributed by atoms with Crippen molar-refractivity contribution in [2.24, 2.45) is 0 Å². The maximum Gasteiger partial charge on any atom is 0.275 e. The Bertz CT molecular complexity index is 754. The number of nitrogens with zero attached hydrogens (tertiary/aromatic N) is 2. The second-order valence-corrected chi connectivity index (χ2v) is 4.97. The van der Waals surface area contributed by atoms with Crippen LogP contribution < -0.4 is 10.9 Å². The average Bonchev–Trinajstić information content (AvgIpc) is 2.43. The lowest BCUT2D eigenvalue weighted by Gasteiger charge is -2.23. The minimum atomic E-state index is -0.609. The maximum absolute atomic E-state index is 13.4. The molecule has 1 amide bonds. The van der Waals surface area contributed by atoms with Gasteiger partial charge in [-0.25, -0.2) is 9.07 Å². The molecule has 1 atom stereocenters. The van der Waals surface area contributed by atoms with E-state index in [9.17, 15) is 14.0 Å². The highest BCUT2D eigenvalue weighted by Gasteiger charge is 2.26. The van der Waals surface area contributed by atoms with Crippen LogP contribution in [0.4, 0.5) is 4.39 Å². The normalized spacial score (nSPS) is 19.1. The van der Waals surface area contributed by atoms with E-state index in [4.69, 9.17) is 0 Å². The summed E-state index contributed by atoms with van der Waals surface area (Å²) in [7, 11) is 0. The van der Waals surface area contributed by atoms with Crippen LogP contribution in [-0.4, -0.2) is 22.2 Å². The molecule has 0 spiro atoms. The first-order valence-corrected chi connectivity index (χ1v) is 6.54. The number of amides is 1. The molecule has 1 aliphatic rings. The fourth-order valence-electron chi connectivity index (χ4n) is 2.59. The molecule has 1 aromatic heterocycles. The van der Waals surface area contributed by atoms with Crippen LogP contribution >= 0.6 is 0 Å². The van der Waals surface area contributed by atoms with E-state index in [1.54, 1.807) is 13.0 Å². The van der Waals surface area contributed by atoms with Gasteiger partial charge in [0, 0.05) is 11.9 Å². The molecule has 0 radical (unpaired) electrons. The zero-order chi connectivity index (χ0) is 14.3. The molecule has 6 heteroatoms. The minimum Gasteiger partial charge on any atom is -0.354 e. The molecule has 1 saturated heterocycles. The van der Waals surface area contributed by atoms with Crippen molar-refractivity contribution < 1.29 is 9.18 Å². The predicted octanol–water partition coefficient (Wildman–Crippen LogP) is 1.30. The number of benzene rings is 1. The SMILES string of the molecule is Cc1nn(C2CCCNC2=O)c(=O)c2cc(F)ccc12. The summed E-state index contributed by atoms with van der Waals surface area (Å²) in [6.07, 6.45) is 1.36. The molecule has 1 fully saturated rings. The van der Waals surface area contributed by atoms with Crippen molar-refractivity contribution in [2.75, 3.05) is 6.54 Å². The van der Waals surface area contributed by atoms with Crippen molar-refractivity contribution in [3.05, 3.63) is 40.1 Å². The zero-order valence-corrected chi connectivity index (χ0v) is 11.0. The molecule has 0 bridgehead atoms. The van der Waals surface area contributed by atoms with Crippen LogP contribution in [0.25, 0.3) is 10.8 Å². The lowest BCUT2D eigenvalue weighted by molar-refractivity contribution is -0.126. The molecule has 2 heterocycles. The number of nitrogens with one attached hydrogen (secondary N) is 1. The summed E-state index contributed by atoms with van der Waals surface area (Å²) in [5, 5.41) is 7.82. The number of halogens is 1. The van der Waals surface area contributed by atoms with Gasteiger partial charge in [-0.05, 0) is 38.0 Å². The standard InChI is InChI=1S/C14H14FN3O2/c1-8-10-5-4-9(15)7-11(10)14(20)18(17-8)12-3-2-6-16-13(12)19/h4-5,7,12H,2-3,6H2,1H3,(H,16,19). The zero-order valence-electron chi connectivity index (χ0n) is 11.0. The van der Waals surface area contributed by atoms with Gasteiger partial charge in [0.2, 0.25) is 5.91 Å². The molecule has 0 saturated carbocycles. The van der Waals surface area contributed by atoms with E-state index in [0.717, 1.165) is 6.42 Å². The van der Waals surface area contributed by atoms with Crippen LogP contribution in [0.5, 0.6) is 0 Å². The lowest BCUT2D eigenvalue weighted by Crippen LogP contribution is -2.42. The van der Waals surface area contributed by atoms with Crippen LogP contribution in [0, 0.1) is 12.7 Å². The Morgan fingerprint density at radius 1 is 1.35 bits per heavy atom. The number of fused-ring (bicyclic) bond motifs is 1. The van der Waals surface area contributed by atoms with Crippen molar-refractivity contribution in [1.82, 2.24) is 15.1 Å². The summed E-state index contributed by atoms with van der Waals surface area (Å²) in [5.74, 6) is -0.680. The first kappa shape index (κ1) is 12.8. The van der Waals surface area contributed by atoms with Crippen LogP contribution in [0.1, 0.15) is 24.6 Å². The largest absolute Gasteiger partial charge is 0.354 e. The molecule has 1 unspecified atom stereocenters. The summed E-state index contributed by atoms with van der Waals surface area (Å²) in [6, 6.07) is 3.43. The molecule has 1 N–H and O–H groups in total. The summed E-state index contributed by atoms with van der Waals surface area (Å²) < 4.78 is 14.5. The van der Waals surface area contributed by atoms with Crippen molar-refractivity contribution in [3.63, 3.8) is 0 Å². The molecule has 2 aromatic rings. The van der Waals surface area contributed by atoms with Gasteiger partial charge in [0.15, 0.2) is 0 Å². The number of carbonyl (C=O) groups excluding carboxylic acids is 1. The molecule has 3 rings (SSSR count). The van der Waals surface area contributed by atoms with E-state index < -0.39 is 17.4 Å². The molecular formula is C14H14FN3O2. The third kappa shape index (κ3) is 1.97. The Labute approximate surface area is 114 Å². The van der Waals surface area contributed by atoms with E-state index >= 15 is 0 Å². The molecule has 5 nitrogen and oxygen atoms in total. The molecular weight excluding hydrogens is 261 g/mol. The highest BCUT2D eigenvalue weighted by molar-refractivity contribution is 5.85. The van der Waals surface area contributed by atoms with Crippen LogP contribution in [0.2, 0.25) is 0 Å². The molecule has 1 aromatic carbocycles. The number of piperidine rings is 1. The molecule has 20 heavy (non-hydrogen) atoms. The van der Waals surface area contributed by atoms with Gasteiger partial charge >= 0.3 is 0 Å². The minimum absolute atomic E-state index is 0.207. The Morgan fingerprint density at radius 3 is 2.90 bits per heavy atom. The van der Waals surface area contributed by atoms with Crippen molar-refractivity contribution in [2.45, 2.75) is 25.8 Å². The smallest absolute Gasteiger partial charge is 0.275 e. The van der Waals surface area contributed by atoms with Gasteiger partial charge in [-0.1, -0.05) is 0 Å². The second-order valence-electron chi connectivity index (χ2n) is 4.97. The molecule has 104 valence electrons. The third-order valence-electron chi connectivity index (χ3n) is 3.62. The van der Waals surface area contributed by atoms with E-state index in [-0.39, 0.29) is 11.3 Å². The fraction of sp³-hybridized carbons (Fsp3) is 0.357. The Balaban J connectivity index is 2.24.